The SMILES string of the molecule is CCCNC(=O)[C@H](NC(=O)c1ccc(C)cc1)C1CCN(C(=O)CC(C)(C)C)CC1. The van der Waals surface area contributed by atoms with E-state index in [0.717, 1.165) is 12.0 Å². The molecule has 30 heavy (non-hydrogen) atoms. The quantitative estimate of drug-likeness (QED) is 0.717. The van der Waals surface area contributed by atoms with Gasteiger partial charge >= 0.3 is 0 Å². The number of carbonyl (C=O) groups excluding carboxylic acids is 3. The molecule has 2 N–H and O–H groups in total. The maximum Gasteiger partial charge on any atom is 0.251 e. The summed E-state index contributed by atoms with van der Waals surface area (Å²) >= 11 is 0. The summed E-state index contributed by atoms with van der Waals surface area (Å²) in [5, 5.41) is 5.89. The number of piperidine rings is 1. The fraction of sp³-hybridized carbons (Fsp3) is 0.625. The lowest BCUT2D eigenvalue weighted by molar-refractivity contribution is -0.134. The number of aryl methyl sites for hydroxylation is 1. The van der Waals surface area contributed by atoms with E-state index in [2.05, 4.69) is 31.4 Å². The second-order valence-corrected chi connectivity index (χ2v) is 9.56. The van der Waals surface area contributed by atoms with Gasteiger partial charge in [-0.1, -0.05) is 45.4 Å². The fourth-order valence-electron chi connectivity index (χ4n) is 3.73. The normalized spacial score (nSPS) is 16.1. The van der Waals surface area contributed by atoms with Crippen LogP contribution in [0.5, 0.6) is 0 Å². The van der Waals surface area contributed by atoms with E-state index < -0.39 is 6.04 Å². The average molecular weight is 416 g/mol. The second kappa shape index (κ2) is 10.6. The summed E-state index contributed by atoms with van der Waals surface area (Å²) < 4.78 is 0. The molecular formula is C24H37N3O3. The highest BCUT2D eigenvalue weighted by Gasteiger charge is 2.34. The van der Waals surface area contributed by atoms with Crippen molar-refractivity contribution in [1.82, 2.24) is 15.5 Å². The van der Waals surface area contributed by atoms with Gasteiger partial charge in [-0.2, -0.15) is 0 Å². The van der Waals surface area contributed by atoms with Crippen LogP contribution in [0, 0.1) is 18.3 Å². The molecule has 0 aromatic heterocycles. The number of benzene rings is 1. The van der Waals surface area contributed by atoms with Crippen LogP contribution >= 0.6 is 0 Å². The third-order valence-electron chi connectivity index (χ3n) is 5.48. The molecule has 1 aromatic rings. The molecule has 0 bridgehead atoms. The van der Waals surface area contributed by atoms with E-state index in [-0.39, 0.29) is 29.1 Å². The van der Waals surface area contributed by atoms with E-state index in [9.17, 15) is 14.4 Å². The van der Waals surface area contributed by atoms with Crippen molar-refractivity contribution in [2.75, 3.05) is 19.6 Å². The predicted molar refractivity (Wildman–Crippen MR) is 119 cm³/mol. The molecule has 1 aliphatic heterocycles. The van der Waals surface area contributed by atoms with Crippen LogP contribution in [0.4, 0.5) is 0 Å². The maximum absolute atomic E-state index is 12.8. The molecule has 0 radical (unpaired) electrons. The predicted octanol–water partition coefficient (Wildman–Crippen LogP) is 3.29. The first-order valence-electron chi connectivity index (χ1n) is 11.0. The van der Waals surface area contributed by atoms with Gasteiger partial charge in [-0.25, -0.2) is 0 Å². The zero-order chi connectivity index (χ0) is 22.3. The molecule has 1 atom stereocenters. The largest absolute Gasteiger partial charge is 0.354 e. The number of nitrogens with zero attached hydrogens (tertiary/aromatic N) is 1. The highest BCUT2D eigenvalue weighted by molar-refractivity contribution is 5.97. The first kappa shape index (κ1) is 23.9. The highest BCUT2D eigenvalue weighted by atomic mass is 16.2. The lowest BCUT2D eigenvalue weighted by atomic mass is 9.87. The topological polar surface area (TPSA) is 78.5 Å². The summed E-state index contributed by atoms with van der Waals surface area (Å²) in [7, 11) is 0. The minimum atomic E-state index is -0.592. The van der Waals surface area contributed by atoms with Crippen LogP contribution < -0.4 is 10.6 Å². The number of rotatable bonds is 7. The van der Waals surface area contributed by atoms with Gasteiger partial charge in [0.1, 0.15) is 6.04 Å². The summed E-state index contributed by atoms with van der Waals surface area (Å²) in [6, 6.07) is 6.74. The van der Waals surface area contributed by atoms with Crippen LogP contribution in [-0.2, 0) is 9.59 Å². The van der Waals surface area contributed by atoms with Crippen molar-refractivity contribution in [3.8, 4) is 0 Å². The molecule has 1 aromatic carbocycles. The lowest BCUT2D eigenvalue weighted by Gasteiger charge is -2.36. The molecule has 0 spiro atoms. The van der Waals surface area contributed by atoms with Crippen molar-refractivity contribution in [1.29, 1.82) is 0 Å². The Morgan fingerprint density at radius 2 is 1.70 bits per heavy atom. The number of carbonyl (C=O) groups is 3. The Balaban J connectivity index is 2.04. The molecule has 1 heterocycles. The zero-order valence-electron chi connectivity index (χ0n) is 19.1. The lowest BCUT2D eigenvalue weighted by Crippen LogP contribution is -2.54. The van der Waals surface area contributed by atoms with E-state index >= 15 is 0 Å². The number of hydrogen-bond acceptors (Lipinski definition) is 3. The number of amides is 3. The maximum atomic E-state index is 12.8. The van der Waals surface area contributed by atoms with Crippen molar-refractivity contribution < 1.29 is 14.4 Å². The molecule has 0 saturated carbocycles. The van der Waals surface area contributed by atoms with E-state index in [0.29, 0.717) is 44.5 Å². The fourth-order valence-corrected chi connectivity index (χ4v) is 3.73. The zero-order valence-corrected chi connectivity index (χ0v) is 19.1. The molecule has 6 heteroatoms. The van der Waals surface area contributed by atoms with Crippen LogP contribution in [0.1, 0.15) is 69.3 Å². The molecule has 1 aliphatic rings. The molecule has 1 fully saturated rings. The van der Waals surface area contributed by atoms with E-state index in [4.69, 9.17) is 0 Å². The first-order chi connectivity index (χ1) is 14.1. The number of hydrogen-bond donors (Lipinski definition) is 2. The van der Waals surface area contributed by atoms with E-state index in [1.165, 1.54) is 0 Å². The van der Waals surface area contributed by atoms with Crippen molar-refractivity contribution in [2.24, 2.45) is 11.3 Å². The number of nitrogens with one attached hydrogen (secondary N) is 2. The van der Waals surface area contributed by atoms with Gasteiger partial charge in [-0.05, 0) is 49.7 Å². The van der Waals surface area contributed by atoms with Gasteiger partial charge in [0.05, 0.1) is 0 Å². The van der Waals surface area contributed by atoms with Gasteiger partial charge in [0.25, 0.3) is 5.91 Å². The summed E-state index contributed by atoms with van der Waals surface area (Å²) in [4.78, 5) is 40.0. The summed E-state index contributed by atoms with van der Waals surface area (Å²) in [5.41, 5.74) is 1.58. The third kappa shape index (κ3) is 7.15. The van der Waals surface area contributed by atoms with Crippen LogP contribution in [-0.4, -0.2) is 48.3 Å². The summed E-state index contributed by atoms with van der Waals surface area (Å²) in [6.45, 7) is 12.0. The Hall–Kier alpha value is -2.37. The van der Waals surface area contributed by atoms with Crippen molar-refractivity contribution >= 4 is 17.7 Å². The Bertz CT molecular complexity index is 729. The standard InChI is InChI=1S/C24H37N3O3/c1-6-13-25-23(30)21(26-22(29)19-9-7-17(2)8-10-19)18-11-14-27(15-12-18)20(28)16-24(3,4)5/h7-10,18,21H,6,11-16H2,1-5H3,(H,25,30)(H,26,29)/t21-/m1/s1. The van der Waals surface area contributed by atoms with E-state index in [1.807, 2.05) is 30.9 Å². The van der Waals surface area contributed by atoms with Gasteiger partial charge in [0, 0.05) is 31.6 Å². The van der Waals surface area contributed by atoms with Crippen molar-refractivity contribution in [2.45, 2.75) is 66.3 Å². The smallest absolute Gasteiger partial charge is 0.251 e. The van der Waals surface area contributed by atoms with Gasteiger partial charge in [0.15, 0.2) is 0 Å². The molecule has 1 saturated heterocycles. The third-order valence-corrected chi connectivity index (χ3v) is 5.48. The Morgan fingerprint density at radius 1 is 1.10 bits per heavy atom. The van der Waals surface area contributed by atoms with Gasteiger partial charge in [0.2, 0.25) is 11.8 Å². The van der Waals surface area contributed by atoms with Crippen LogP contribution in [0.3, 0.4) is 0 Å². The number of likely N-dealkylation sites (tertiary alicyclic amines) is 1. The molecular weight excluding hydrogens is 378 g/mol. The Labute approximate surface area is 180 Å². The van der Waals surface area contributed by atoms with E-state index in [1.54, 1.807) is 12.1 Å². The Morgan fingerprint density at radius 3 is 2.23 bits per heavy atom. The summed E-state index contributed by atoms with van der Waals surface area (Å²) in [5.74, 6) is -0.207. The van der Waals surface area contributed by atoms with Crippen LogP contribution in [0.15, 0.2) is 24.3 Å². The minimum Gasteiger partial charge on any atom is -0.354 e. The van der Waals surface area contributed by atoms with Crippen molar-refractivity contribution in [3.05, 3.63) is 35.4 Å². The summed E-state index contributed by atoms with van der Waals surface area (Å²) in [6.07, 6.45) is 2.76. The molecule has 0 unspecified atom stereocenters. The molecule has 2 rings (SSSR count). The Kier molecular flexibility index (Phi) is 8.44. The molecule has 0 aliphatic carbocycles. The minimum absolute atomic E-state index is 0.00920. The van der Waals surface area contributed by atoms with Crippen LogP contribution in [0.25, 0.3) is 0 Å². The second-order valence-electron chi connectivity index (χ2n) is 9.56. The monoisotopic (exact) mass is 415 g/mol. The van der Waals surface area contributed by atoms with Gasteiger partial charge in [-0.3, -0.25) is 14.4 Å². The van der Waals surface area contributed by atoms with Gasteiger partial charge in [-0.15, -0.1) is 0 Å². The van der Waals surface area contributed by atoms with Crippen molar-refractivity contribution in [3.63, 3.8) is 0 Å². The average Bonchev–Trinajstić information content (AvgIpc) is 2.69. The van der Waals surface area contributed by atoms with Gasteiger partial charge < -0.3 is 15.5 Å². The highest BCUT2D eigenvalue weighted by Crippen LogP contribution is 2.25. The van der Waals surface area contributed by atoms with Crippen LogP contribution in [0.2, 0.25) is 0 Å². The first-order valence-corrected chi connectivity index (χ1v) is 11.0. The molecule has 6 nitrogen and oxygen atoms in total. The molecule has 166 valence electrons. The molecule has 3 amide bonds.